The van der Waals surface area contributed by atoms with Gasteiger partial charge in [-0.3, -0.25) is 0 Å². The highest BCUT2D eigenvalue weighted by Crippen LogP contribution is 2.23. The first-order valence-corrected chi connectivity index (χ1v) is 6.03. The molecule has 14 heavy (non-hydrogen) atoms. The zero-order chi connectivity index (χ0) is 10.9. The maximum atomic E-state index is 5.56. The van der Waals surface area contributed by atoms with Crippen LogP contribution in [0, 0.1) is 5.41 Å². The quantitative estimate of drug-likeness (QED) is 0.561. The maximum Gasteiger partial charge on any atom is -0.00438 e. The van der Waals surface area contributed by atoms with E-state index in [4.69, 9.17) is 5.73 Å². The second-order valence-electron chi connectivity index (χ2n) is 4.91. The standard InChI is InChI=1S/C12H28N2/c1-4-5-6-10-14-11-8-12(2,3)7-9-13/h14H,4-11,13H2,1-3H3. The van der Waals surface area contributed by atoms with E-state index in [2.05, 4.69) is 26.1 Å². The van der Waals surface area contributed by atoms with Crippen LogP contribution in [0.15, 0.2) is 0 Å². The molecule has 0 aliphatic carbocycles. The van der Waals surface area contributed by atoms with Crippen molar-refractivity contribution >= 4 is 0 Å². The zero-order valence-electron chi connectivity index (χ0n) is 10.2. The molecule has 0 aliphatic rings. The summed E-state index contributed by atoms with van der Waals surface area (Å²) in [6.45, 7) is 9.96. The number of rotatable bonds is 9. The largest absolute Gasteiger partial charge is 0.330 e. The van der Waals surface area contributed by atoms with Crippen LogP contribution in [0.25, 0.3) is 0 Å². The minimum Gasteiger partial charge on any atom is -0.330 e. The van der Waals surface area contributed by atoms with E-state index < -0.39 is 0 Å². The lowest BCUT2D eigenvalue weighted by atomic mass is 9.86. The molecule has 0 amide bonds. The average Bonchev–Trinajstić information content (AvgIpc) is 2.11. The first kappa shape index (κ1) is 13.9. The molecule has 0 fully saturated rings. The van der Waals surface area contributed by atoms with Gasteiger partial charge in [-0.1, -0.05) is 33.6 Å². The maximum absolute atomic E-state index is 5.56. The van der Waals surface area contributed by atoms with Crippen molar-refractivity contribution in [3.63, 3.8) is 0 Å². The monoisotopic (exact) mass is 200 g/mol. The van der Waals surface area contributed by atoms with E-state index in [1.54, 1.807) is 0 Å². The SMILES string of the molecule is CCCCCNCCC(C)(C)CCN. The molecule has 0 atom stereocenters. The summed E-state index contributed by atoms with van der Waals surface area (Å²) in [6.07, 6.45) is 6.33. The Morgan fingerprint density at radius 1 is 1.07 bits per heavy atom. The molecule has 0 rings (SSSR count). The second kappa shape index (κ2) is 8.25. The van der Waals surface area contributed by atoms with Gasteiger partial charge < -0.3 is 11.1 Å². The predicted octanol–water partition coefficient (Wildman–Crippen LogP) is 2.53. The first-order chi connectivity index (χ1) is 6.62. The fourth-order valence-electron chi connectivity index (χ4n) is 1.57. The first-order valence-electron chi connectivity index (χ1n) is 6.03. The Morgan fingerprint density at radius 3 is 2.36 bits per heavy atom. The van der Waals surface area contributed by atoms with Gasteiger partial charge in [0.1, 0.15) is 0 Å². The molecular formula is C12H28N2. The van der Waals surface area contributed by atoms with E-state index in [1.165, 1.54) is 32.2 Å². The summed E-state index contributed by atoms with van der Waals surface area (Å²) in [5, 5.41) is 3.49. The fourth-order valence-corrected chi connectivity index (χ4v) is 1.57. The van der Waals surface area contributed by atoms with Crippen LogP contribution in [0.5, 0.6) is 0 Å². The van der Waals surface area contributed by atoms with E-state index in [0.717, 1.165) is 19.5 Å². The van der Waals surface area contributed by atoms with Gasteiger partial charge in [0.2, 0.25) is 0 Å². The number of hydrogen-bond acceptors (Lipinski definition) is 2. The molecule has 0 unspecified atom stereocenters. The second-order valence-corrected chi connectivity index (χ2v) is 4.91. The number of nitrogens with one attached hydrogen (secondary N) is 1. The van der Waals surface area contributed by atoms with Gasteiger partial charge in [-0.2, -0.15) is 0 Å². The third kappa shape index (κ3) is 8.52. The normalized spacial score (nSPS) is 12.0. The van der Waals surface area contributed by atoms with Crippen LogP contribution in [0.4, 0.5) is 0 Å². The summed E-state index contributed by atoms with van der Waals surface area (Å²) in [7, 11) is 0. The van der Waals surface area contributed by atoms with Gasteiger partial charge in [-0.15, -0.1) is 0 Å². The molecule has 0 saturated heterocycles. The summed E-state index contributed by atoms with van der Waals surface area (Å²) in [6, 6.07) is 0. The van der Waals surface area contributed by atoms with Crippen molar-refractivity contribution in [3.05, 3.63) is 0 Å². The van der Waals surface area contributed by atoms with Crippen LogP contribution in [0.1, 0.15) is 52.9 Å². The van der Waals surface area contributed by atoms with Crippen LogP contribution in [0.2, 0.25) is 0 Å². The van der Waals surface area contributed by atoms with Crippen molar-refractivity contribution in [1.82, 2.24) is 5.32 Å². The molecule has 0 aliphatic heterocycles. The molecule has 0 aromatic rings. The van der Waals surface area contributed by atoms with Crippen molar-refractivity contribution in [2.45, 2.75) is 52.9 Å². The molecule has 0 saturated carbocycles. The van der Waals surface area contributed by atoms with Crippen LogP contribution in [-0.4, -0.2) is 19.6 Å². The Morgan fingerprint density at radius 2 is 1.79 bits per heavy atom. The fraction of sp³-hybridized carbons (Fsp3) is 1.00. The Kier molecular flexibility index (Phi) is 8.20. The molecule has 3 N–H and O–H groups in total. The van der Waals surface area contributed by atoms with Crippen LogP contribution in [0.3, 0.4) is 0 Å². The van der Waals surface area contributed by atoms with Gasteiger partial charge in [0, 0.05) is 0 Å². The van der Waals surface area contributed by atoms with Gasteiger partial charge in [-0.25, -0.2) is 0 Å². The molecule has 0 aromatic heterocycles. The summed E-state index contributed by atoms with van der Waals surface area (Å²) in [5.74, 6) is 0. The molecule has 2 nitrogen and oxygen atoms in total. The lowest BCUT2D eigenvalue weighted by molar-refractivity contribution is 0.307. The van der Waals surface area contributed by atoms with E-state index in [-0.39, 0.29) is 0 Å². The van der Waals surface area contributed by atoms with Gasteiger partial charge in [0.25, 0.3) is 0 Å². The molecule has 86 valence electrons. The highest BCUT2D eigenvalue weighted by atomic mass is 14.8. The van der Waals surface area contributed by atoms with Crippen LogP contribution in [-0.2, 0) is 0 Å². The van der Waals surface area contributed by atoms with Gasteiger partial charge in [0.05, 0.1) is 0 Å². The topological polar surface area (TPSA) is 38.0 Å². The molecule has 0 spiro atoms. The van der Waals surface area contributed by atoms with E-state index in [0.29, 0.717) is 5.41 Å². The predicted molar refractivity (Wildman–Crippen MR) is 64.5 cm³/mol. The van der Waals surface area contributed by atoms with Crippen molar-refractivity contribution in [2.75, 3.05) is 19.6 Å². The van der Waals surface area contributed by atoms with Crippen molar-refractivity contribution in [2.24, 2.45) is 11.1 Å². The molecule has 0 bridgehead atoms. The Hall–Kier alpha value is -0.0800. The van der Waals surface area contributed by atoms with E-state index in [9.17, 15) is 0 Å². The molecular weight excluding hydrogens is 172 g/mol. The molecule has 0 radical (unpaired) electrons. The molecule has 2 heteroatoms. The lowest BCUT2D eigenvalue weighted by Crippen LogP contribution is -2.25. The van der Waals surface area contributed by atoms with Gasteiger partial charge in [0.15, 0.2) is 0 Å². The molecule has 0 heterocycles. The average molecular weight is 200 g/mol. The van der Waals surface area contributed by atoms with E-state index in [1.807, 2.05) is 0 Å². The summed E-state index contributed by atoms with van der Waals surface area (Å²) in [5.41, 5.74) is 5.97. The summed E-state index contributed by atoms with van der Waals surface area (Å²) < 4.78 is 0. The van der Waals surface area contributed by atoms with Crippen LogP contribution < -0.4 is 11.1 Å². The smallest absolute Gasteiger partial charge is 0.00438 e. The highest BCUT2D eigenvalue weighted by Gasteiger charge is 2.15. The Labute approximate surface area is 89.6 Å². The zero-order valence-corrected chi connectivity index (χ0v) is 10.2. The van der Waals surface area contributed by atoms with Crippen LogP contribution >= 0.6 is 0 Å². The van der Waals surface area contributed by atoms with Crippen molar-refractivity contribution in [1.29, 1.82) is 0 Å². The summed E-state index contributed by atoms with van der Waals surface area (Å²) in [4.78, 5) is 0. The minimum absolute atomic E-state index is 0.409. The number of nitrogens with two attached hydrogens (primary N) is 1. The Balaban J connectivity index is 3.26. The van der Waals surface area contributed by atoms with Gasteiger partial charge >= 0.3 is 0 Å². The highest BCUT2D eigenvalue weighted by molar-refractivity contribution is 4.70. The third-order valence-electron chi connectivity index (χ3n) is 2.76. The lowest BCUT2D eigenvalue weighted by Gasteiger charge is -2.23. The van der Waals surface area contributed by atoms with E-state index >= 15 is 0 Å². The van der Waals surface area contributed by atoms with Crippen molar-refractivity contribution < 1.29 is 0 Å². The number of unbranched alkanes of at least 4 members (excludes halogenated alkanes) is 2. The third-order valence-corrected chi connectivity index (χ3v) is 2.76. The summed E-state index contributed by atoms with van der Waals surface area (Å²) >= 11 is 0. The Bertz CT molecular complexity index is 121. The minimum atomic E-state index is 0.409. The van der Waals surface area contributed by atoms with Crippen molar-refractivity contribution in [3.8, 4) is 0 Å². The molecule has 0 aromatic carbocycles. The number of hydrogen-bond donors (Lipinski definition) is 2. The van der Waals surface area contributed by atoms with Gasteiger partial charge in [-0.05, 0) is 44.3 Å².